The largest absolute Gasteiger partial charge is 0.323 e. The van der Waals surface area contributed by atoms with Crippen LogP contribution in [0.5, 0.6) is 0 Å². The molecule has 1 aromatic heterocycles. The lowest BCUT2D eigenvalue weighted by atomic mass is 10.2. The molecule has 0 unspecified atom stereocenters. The minimum atomic E-state index is -0.203. The number of nitrogens with zero attached hydrogens (tertiary/aromatic N) is 3. The number of allylic oxidation sites excluding steroid dienone is 1. The number of halogens is 1. The molecule has 0 atom stereocenters. The average Bonchev–Trinajstić information content (AvgIpc) is 3.14. The summed E-state index contributed by atoms with van der Waals surface area (Å²) < 4.78 is 2.01. The van der Waals surface area contributed by atoms with Gasteiger partial charge in [0, 0.05) is 11.6 Å². The second-order valence-corrected chi connectivity index (χ2v) is 8.05. The summed E-state index contributed by atoms with van der Waals surface area (Å²) in [4.78, 5) is 30.9. The Balaban J connectivity index is 1.54. The van der Waals surface area contributed by atoms with Gasteiger partial charge in [-0.3, -0.25) is 9.59 Å². The highest BCUT2D eigenvalue weighted by atomic mass is 35.5. The van der Waals surface area contributed by atoms with E-state index in [1.807, 2.05) is 47.0 Å². The number of rotatable bonds is 6. The smallest absolute Gasteiger partial charge is 0.244 e. The quantitative estimate of drug-likeness (QED) is 0.455. The van der Waals surface area contributed by atoms with Crippen molar-refractivity contribution in [3.05, 3.63) is 72.4 Å². The van der Waals surface area contributed by atoms with Crippen LogP contribution in [0, 0.1) is 0 Å². The Kier molecular flexibility index (Phi) is 5.92. The van der Waals surface area contributed by atoms with Crippen LogP contribution in [0.3, 0.4) is 0 Å². The van der Waals surface area contributed by atoms with E-state index in [4.69, 9.17) is 11.6 Å². The van der Waals surface area contributed by atoms with E-state index in [0.717, 1.165) is 11.3 Å². The maximum Gasteiger partial charge on any atom is 0.244 e. The zero-order chi connectivity index (χ0) is 21.1. The maximum atomic E-state index is 12.9. The standard InChI is InChI=1S/C22H19ClN4O2S/c1-2-11-26-19(15-7-9-16(23)10-8-15)12-24-22(26)30-14-21(29)27-13-20(28)25-17-5-3-4-6-18(17)27/h2-10,12H,1,11,13-14H2,(H,25,28). The SMILES string of the molecule is C=CCn1c(-c2ccc(Cl)cc2)cnc1SCC(=O)N1CC(=O)Nc2ccccc21. The molecule has 0 bridgehead atoms. The van der Waals surface area contributed by atoms with Crippen molar-refractivity contribution in [1.82, 2.24) is 9.55 Å². The van der Waals surface area contributed by atoms with Crippen LogP contribution in [-0.2, 0) is 16.1 Å². The van der Waals surface area contributed by atoms with Gasteiger partial charge >= 0.3 is 0 Å². The predicted molar refractivity (Wildman–Crippen MR) is 121 cm³/mol. The highest BCUT2D eigenvalue weighted by Gasteiger charge is 2.27. The van der Waals surface area contributed by atoms with E-state index in [1.54, 1.807) is 18.3 Å². The molecule has 1 aliphatic heterocycles. The molecule has 2 amide bonds. The molecule has 0 fully saturated rings. The zero-order valence-corrected chi connectivity index (χ0v) is 17.6. The van der Waals surface area contributed by atoms with Crippen LogP contribution in [0.1, 0.15) is 0 Å². The second kappa shape index (κ2) is 8.77. The predicted octanol–water partition coefficient (Wildman–Crippen LogP) is 4.47. The summed E-state index contributed by atoms with van der Waals surface area (Å²) in [6.07, 6.45) is 3.57. The van der Waals surface area contributed by atoms with Gasteiger partial charge in [0.15, 0.2) is 5.16 Å². The van der Waals surface area contributed by atoms with Crippen molar-refractivity contribution >= 4 is 46.6 Å². The maximum absolute atomic E-state index is 12.9. The Morgan fingerprint density at radius 1 is 1.23 bits per heavy atom. The minimum absolute atomic E-state index is 0.00747. The lowest BCUT2D eigenvalue weighted by molar-refractivity contribution is -0.120. The third-order valence-electron chi connectivity index (χ3n) is 4.67. The van der Waals surface area contributed by atoms with Crippen molar-refractivity contribution in [2.75, 3.05) is 22.5 Å². The highest BCUT2D eigenvalue weighted by molar-refractivity contribution is 7.99. The third kappa shape index (κ3) is 4.13. The van der Waals surface area contributed by atoms with Gasteiger partial charge < -0.3 is 14.8 Å². The van der Waals surface area contributed by atoms with Gasteiger partial charge in [-0.15, -0.1) is 6.58 Å². The van der Waals surface area contributed by atoms with Gasteiger partial charge in [0.1, 0.15) is 6.54 Å². The molecule has 0 aliphatic carbocycles. The first-order valence-electron chi connectivity index (χ1n) is 9.31. The number of para-hydroxylation sites is 2. The average molecular weight is 439 g/mol. The Morgan fingerprint density at radius 2 is 2.00 bits per heavy atom. The number of hydrogen-bond donors (Lipinski definition) is 1. The number of carbonyl (C=O) groups excluding carboxylic acids is 2. The molecule has 30 heavy (non-hydrogen) atoms. The Bertz CT molecular complexity index is 1110. The lowest BCUT2D eigenvalue weighted by Gasteiger charge is -2.29. The molecule has 3 aromatic rings. The van der Waals surface area contributed by atoms with E-state index < -0.39 is 0 Å². The van der Waals surface area contributed by atoms with Crippen LogP contribution >= 0.6 is 23.4 Å². The molecule has 1 aliphatic rings. The van der Waals surface area contributed by atoms with Crippen LogP contribution < -0.4 is 10.2 Å². The third-order valence-corrected chi connectivity index (χ3v) is 5.89. The summed E-state index contributed by atoms with van der Waals surface area (Å²) in [6.45, 7) is 4.40. The van der Waals surface area contributed by atoms with Crippen molar-refractivity contribution in [3.8, 4) is 11.3 Å². The number of amides is 2. The molecule has 0 radical (unpaired) electrons. The summed E-state index contributed by atoms with van der Waals surface area (Å²) in [5, 5.41) is 4.17. The molecule has 2 heterocycles. The molecule has 4 rings (SSSR count). The fraction of sp³-hybridized carbons (Fsp3) is 0.136. The number of fused-ring (bicyclic) bond motifs is 1. The van der Waals surface area contributed by atoms with Gasteiger partial charge in [0.05, 0.1) is 29.0 Å². The number of anilines is 2. The van der Waals surface area contributed by atoms with E-state index in [2.05, 4.69) is 16.9 Å². The zero-order valence-electron chi connectivity index (χ0n) is 16.0. The first-order valence-corrected chi connectivity index (χ1v) is 10.7. The molecular formula is C22H19ClN4O2S. The summed E-state index contributed by atoms with van der Waals surface area (Å²) in [7, 11) is 0. The summed E-state index contributed by atoms with van der Waals surface area (Å²) >= 11 is 7.34. The van der Waals surface area contributed by atoms with E-state index in [0.29, 0.717) is 28.1 Å². The van der Waals surface area contributed by atoms with Gasteiger partial charge in [-0.05, 0) is 29.8 Å². The number of benzene rings is 2. The van der Waals surface area contributed by atoms with Crippen LogP contribution in [0.25, 0.3) is 11.3 Å². The monoisotopic (exact) mass is 438 g/mol. The fourth-order valence-electron chi connectivity index (χ4n) is 3.29. The van der Waals surface area contributed by atoms with Crippen LogP contribution in [-0.4, -0.2) is 33.7 Å². The van der Waals surface area contributed by atoms with E-state index in [1.165, 1.54) is 16.7 Å². The number of imidazole rings is 1. The molecule has 2 aromatic carbocycles. The second-order valence-electron chi connectivity index (χ2n) is 6.67. The molecule has 152 valence electrons. The molecule has 0 spiro atoms. The molecule has 6 nitrogen and oxygen atoms in total. The van der Waals surface area contributed by atoms with Crippen LogP contribution in [0.2, 0.25) is 5.02 Å². The summed E-state index contributed by atoms with van der Waals surface area (Å²) in [5.74, 6) is -0.191. The number of hydrogen-bond acceptors (Lipinski definition) is 4. The van der Waals surface area contributed by atoms with Crippen molar-refractivity contribution in [3.63, 3.8) is 0 Å². The van der Waals surface area contributed by atoms with Gasteiger partial charge in [0.25, 0.3) is 0 Å². The number of carbonyl (C=O) groups is 2. The molecular weight excluding hydrogens is 420 g/mol. The molecule has 0 saturated heterocycles. The van der Waals surface area contributed by atoms with Crippen molar-refractivity contribution in [2.45, 2.75) is 11.7 Å². The van der Waals surface area contributed by atoms with E-state index in [9.17, 15) is 9.59 Å². The first kappa shape index (κ1) is 20.3. The first-order chi connectivity index (χ1) is 14.6. The van der Waals surface area contributed by atoms with Crippen molar-refractivity contribution in [1.29, 1.82) is 0 Å². The fourth-order valence-corrected chi connectivity index (χ4v) is 4.28. The van der Waals surface area contributed by atoms with E-state index in [-0.39, 0.29) is 24.1 Å². The number of nitrogens with one attached hydrogen (secondary N) is 1. The van der Waals surface area contributed by atoms with Gasteiger partial charge in [-0.2, -0.15) is 0 Å². The molecule has 0 saturated carbocycles. The Morgan fingerprint density at radius 3 is 2.77 bits per heavy atom. The van der Waals surface area contributed by atoms with Crippen LogP contribution in [0.4, 0.5) is 11.4 Å². The lowest BCUT2D eigenvalue weighted by Crippen LogP contribution is -2.43. The number of thioether (sulfide) groups is 1. The van der Waals surface area contributed by atoms with Gasteiger partial charge in [-0.25, -0.2) is 4.98 Å². The summed E-state index contributed by atoms with van der Waals surface area (Å²) in [6, 6.07) is 14.8. The highest BCUT2D eigenvalue weighted by Crippen LogP contribution is 2.31. The minimum Gasteiger partial charge on any atom is -0.323 e. The van der Waals surface area contributed by atoms with E-state index >= 15 is 0 Å². The number of aromatic nitrogens is 2. The normalized spacial score (nSPS) is 13.0. The molecule has 1 N–H and O–H groups in total. The van der Waals surface area contributed by atoms with Crippen LogP contribution in [0.15, 0.2) is 72.5 Å². The Labute approximate surface area is 183 Å². The van der Waals surface area contributed by atoms with Gasteiger partial charge in [-0.1, -0.05) is 53.7 Å². The topological polar surface area (TPSA) is 67.2 Å². The van der Waals surface area contributed by atoms with Gasteiger partial charge in [0.2, 0.25) is 11.8 Å². The van der Waals surface area contributed by atoms with Crippen molar-refractivity contribution in [2.24, 2.45) is 0 Å². The molecule has 8 heteroatoms. The van der Waals surface area contributed by atoms with Crippen molar-refractivity contribution < 1.29 is 9.59 Å². The summed E-state index contributed by atoms with van der Waals surface area (Å²) in [5.41, 5.74) is 3.25. The Hall–Kier alpha value is -3.03.